The van der Waals surface area contributed by atoms with E-state index in [2.05, 4.69) is 194 Å². The summed E-state index contributed by atoms with van der Waals surface area (Å²) in [6.07, 6.45) is 0. The van der Waals surface area contributed by atoms with E-state index in [-0.39, 0.29) is 0 Å². The molecule has 0 radical (unpaired) electrons. The smallest absolute Gasteiger partial charge is 0.0972 e. The summed E-state index contributed by atoms with van der Waals surface area (Å²) in [5, 5.41) is 13.1. The van der Waals surface area contributed by atoms with Gasteiger partial charge in [-0.15, -0.1) is 0 Å². The molecule has 3 heteroatoms. The van der Waals surface area contributed by atoms with Crippen LogP contribution >= 0.6 is 0 Å². The maximum absolute atomic E-state index is 5.38. The Balaban J connectivity index is 0.996. The van der Waals surface area contributed by atoms with Gasteiger partial charge in [0.25, 0.3) is 0 Å². The van der Waals surface area contributed by atoms with Crippen molar-refractivity contribution in [2.24, 2.45) is 0 Å². The molecule has 268 valence electrons. The van der Waals surface area contributed by atoms with Gasteiger partial charge in [-0.3, -0.25) is 0 Å². The van der Waals surface area contributed by atoms with Gasteiger partial charge in [-0.2, -0.15) is 0 Å². The molecule has 0 aliphatic carbocycles. The minimum absolute atomic E-state index is 0.909. The predicted molar refractivity (Wildman–Crippen MR) is 244 cm³/mol. The van der Waals surface area contributed by atoms with Crippen molar-refractivity contribution in [2.75, 3.05) is 0 Å². The summed E-state index contributed by atoms with van der Waals surface area (Å²) < 4.78 is 0. The summed E-state index contributed by atoms with van der Waals surface area (Å²) in [5.74, 6) is 0. The monoisotopic (exact) mass is 735 g/mol. The van der Waals surface area contributed by atoms with Crippen LogP contribution in [0.3, 0.4) is 0 Å². The van der Waals surface area contributed by atoms with E-state index >= 15 is 0 Å². The van der Waals surface area contributed by atoms with Crippen molar-refractivity contribution in [2.45, 2.75) is 0 Å². The summed E-state index contributed by atoms with van der Waals surface area (Å²) in [6.45, 7) is 0. The quantitative estimate of drug-likeness (QED) is 0.169. The number of aromatic nitrogens is 3. The van der Waals surface area contributed by atoms with Crippen LogP contribution in [0, 0.1) is 0 Å². The molecule has 3 nitrogen and oxygen atoms in total. The summed E-state index contributed by atoms with van der Waals surface area (Å²) in [7, 11) is 0. The molecule has 58 heavy (non-hydrogen) atoms. The highest BCUT2D eigenvalue weighted by molar-refractivity contribution is 6.33. The number of nitrogens with zero attached hydrogens (tertiary/aromatic N) is 3. The second-order valence-corrected chi connectivity index (χ2v) is 15.1. The molecule has 0 spiro atoms. The molecule has 12 aromatic rings. The first kappa shape index (κ1) is 32.5. The maximum Gasteiger partial charge on any atom is 0.0972 e. The topological polar surface area (TPSA) is 38.7 Å². The lowest BCUT2D eigenvalue weighted by molar-refractivity contribution is 1.37. The molecule has 0 atom stereocenters. The van der Waals surface area contributed by atoms with Crippen LogP contribution in [-0.4, -0.2) is 15.0 Å². The highest BCUT2D eigenvalue weighted by atomic mass is 14.8. The van der Waals surface area contributed by atoms with Crippen molar-refractivity contribution in [3.8, 4) is 44.9 Å². The molecule has 0 aliphatic heterocycles. The van der Waals surface area contributed by atoms with Gasteiger partial charge in [-0.1, -0.05) is 182 Å². The molecule has 0 N–H and O–H groups in total. The average molecular weight is 736 g/mol. The van der Waals surface area contributed by atoms with Crippen LogP contribution < -0.4 is 0 Å². The van der Waals surface area contributed by atoms with Crippen LogP contribution in [0.1, 0.15) is 0 Å². The molecule has 0 bridgehead atoms. The van der Waals surface area contributed by atoms with Crippen molar-refractivity contribution in [1.29, 1.82) is 0 Å². The summed E-state index contributed by atoms with van der Waals surface area (Å²) in [5.41, 5.74) is 11.3. The zero-order valence-electron chi connectivity index (χ0n) is 31.4. The van der Waals surface area contributed by atoms with Crippen LogP contribution in [0.25, 0.3) is 121 Å². The molecule has 0 aliphatic rings. The summed E-state index contributed by atoms with van der Waals surface area (Å²) in [4.78, 5) is 15.8. The van der Waals surface area contributed by atoms with Gasteiger partial charge in [0.2, 0.25) is 0 Å². The van der Waals surface area contributed by atoms with E-state index in [1.54, 1.807) is 0 Å². The fourth-order valence-corrected chi connectivity index (χ4v) is 9.10. The zero-order valence-corrected chi connectivity index (χ0v) is 31.4. The van der Waals surface area contributed by atoms with E-state index in [9.17, 15) is 0 Å². The number of fused-ring (bicyclic) bond motifs is 12. The first-order valence-corrected chi connectivity index (χ1v) is 19.8. The lowest BCUT2D eigenvalue weighted by Crippen LogP contribution is -1.93. The molecular formula is C55H33N3. The van der Waals surface area contributed by atoms with Crippen molar-refractivity contribution >= 4 is 75.8 Å². The van der Waals surface area contributed by atoms with Crippen molar-refractivity contribution in [3.05, 3.63) is 200 Å². The Morgan fingerprint density at radius 1 is 0.259 bits per heavy atom. The number of benzene rings is 9. The predicted octanol–water partition coefficient (Wildman–Crippen LogP) is 14.6. The molecule has 3 aromatic heterocycles. The lowest BCUT2D eigenvalue weighted by atomic mass is 9.89. The van der Waals surface area contributed by atoms with Crippen LogP contribution in [-0.2, 0) is 0 Å². The van der Waals surface area contributed by atoms with E-state index in [0.29, 0.717) is 0 Å². The Hall–Kier alpha value is -7.75. The number of para-hydroxylation sites is 1. The van der Waals surface area contributed by atoms with Gasteiger partial charge in [-0.25, -0.2) is 15.0 Å². The van der Waals surface area contributed by atoms with Crippen LogP contribution in [0.15, 0.2) is 200 Å². The second kappa shape index (κ2) is 12.9. The van der Waals surface area contributed by atoms with Gasteiger partial charge in [0.15, 0.2) is 0 Å². The van der Waals surface area contributed by atoms with Crippen LogP contribution in [0.5, 0.6) is 0 Å². The summed E-state index contributed by atoms with van der Waals surface area (Å²) >= 11 is 0. The standard InChI is InChI=1S/C55H33N3/c1-2-12-35(13-3-1)48-32-28-37-26-27-38-29-33-50(58-55(38)54(37)56-48)44-31-30-39(40-14-4-5-15-41(40)44)34-22-24-36(25-23-34)53-52-46-19-9-7-17-43(46)42-16-6-8-18-45(42)51(52)47-20-10-11-21-49(47)57-53/h1-33H. The Morgan fingerprint density at radius 2 is 0.741 bits per heavy atom. The van der Waals surface area contributed by atoms with Gasteiger partial charge in [0.05, 0.1) is 33.6 Å². The van der Waals surface area contributed by atoms with Crippen molar-refractivity contribution in [3.63, 3.8) is 0 Å². The Morgan fingerprint density at radius 3 is 1.43 bits per heavy atom. The van der Waals surface area contributed by atoms with Gasteiger partial charge in [0, 0.05) is 43.6 Å². The van der Waals surface area contributed by atoms with Crippen molar-refractivity contribution < 1.29 is 0 Å². The third kappa shape index (κ3) is 5.04. The first-order valence-electron chi connectivity index (χ1n) is 19.8. The number of pyridine rings is 3. The highest BCUT2D eigenvalue weighted by Gasteiger charge is 2.18. The maximum atomic E-state index is 5.38. The minimum atomic E-state index is 0.909. The number of hydrogen-bond donors (Lipinski definition) is 0. The van der Waals surface area contributed by atoms with Gasteiger partial charge in [0.1, 0.15) is 0 Å². The SMILES string of the molecule is c1ccc(-c2ccc3ccc4ccc(-c5ccc(-c6ccc(-c7nc8ccccc8c8c9ccccc9c9ccccc9c78)cc6)c6ccccc56)nc4c3n2)cc1. The first-order chi connectivity index (χ1) is 28.8. The normalized spacial score (nSPS) is 11.8. The lowest BCUT2D eigenvalue weighted by Gasteiger charge is -2.16. The second-order valence-electron chi connectivity index (χ2n) is 15.1. The molecule has 0 amide bonds. The van der Waals surface area contributed by atoms with E-state index in [1.165, 1.54) is 48.7 Å². The van der Waals surface area contributed by atoms with Crippen LogP contribution in [0.4, 0.5) is 0 Å². The Bertz CT molecular complexity index is 3610. The third-order valence-corrected chi connectivity index (χ3v) is 11.8. The summed E-state index contributed by atoms with van der Waals surface area (Å²) in [6, 6.07) is 71.4. The average Bonchev–Trinajstić information content (AvgIpc) is 3.31. The molecule has 0 fully saturated rings. The third-order valence-electron chi connectivity index (χ3n) is 11.8. The van der Waals surface area contributed by atoms with Crippen LogP contribution in [0.2, 0.25) is 0 Å². The van der Waals surface area contributed by atoms with Crippen molar-refractivity contribution in [1.82, 2.24) is 15.0 Å². The van der Waals surface area contributed by atoms with E-state index in [1.807, 2.05) is 6.07 Å². The largest absolute Gasteiger partial charge is 0.247 e. The number of hydrogen-bond acceptors (Lipinski definition) is 3. The zero-order chi connectivity index (χ0) is 38.2. The van der Waals surface area contributed by atoms with E-state index in [0.717, 1.165) is 72.0 Å². The Labute approximate surface area is 334 Å². The molecule has 0 saturated heterocycles. The van der Waals surface area contributed by atoms with Gasteiger partial charge in [-0.05, 0) is 61.6 Å². The Kier molecular flexibility index (Phi) is 7.23. The number of rotatable bonds is 4. The van der Waals surface area contributed by atoms with Gasteiger partial charge >= 0.3 is 0 Å². The highest BCUT2D eigenvalue weighted by Crippen LogP contribution is 2.43. The molecule has 0 unspecified atom stereocenters. The fraction of sp³-hybridized carbons (Fsp3) is 0. The molecule has 12 rings (SSSR count). The minimum Gasteiger partial charge on any atom is -0.247 e. The molecule has 3 heterocycles. The van der Waals surface area contributed by atoms with Gasteiger partial charge < -0.3 is 0 Å². The fourth-order valence-electron chi connectivity index (χ4n) is 9.10. The van der Waals surface area contributed by atoms with E-state index < -0.39 is 0 Å². The molecule has 9 aromatic carbocycles. The van der Waals surface area contributed by atoms with E-state index in [4.69, 9.17) is 15.0 Å². The molecular weight excluding hydrogens is 703 g/mol. The molecule has 0 saturated carbocycles.